The van der Waals surface area contributed by atoms with Crippen LogP contribution in [-0.4, -0.2) is 43.2 Å². The highest BCUT2D eigenvalue weighted by Gasteiger charge is 2.37. The van der Waals surface area contributed by atoms with Gasteiger partial charge in [-0.3, -0.25) is 4.79 Å². The number of amides is 1. The second-order valence-corrected chi connectivity index (χ2v) is 6.65. The number of rotatable bonds is 7. The van der Waals surface area contributed by atoms with Crippen molar-refractivity contribution in [2.75, 3.05) is 32.6 Å². The van der Waals surface area contributed by atoms with Crippen LogP contribution in [0.25, 0.3) is 0 Å². The number of carbonyl (C=O) groups excluding carboxylic acids is 1. The Kier molecular flexibility index (Phi) is 6.63. The molecule has 3 N–H and O–H groups in total. The minimum atomic E-state index is -0.398. The van der Waals surface area contributed by atoms with Gasteiger partial charge in [-0.05, 0) is 31.9 Å². The van der Waals surface area contributed by atoms with Gasteiger partial charge in [-0.25, -0.2) is 0 Å². The van der Waals surface area contributed by atoms with Gasteiger partial charge in [0.2, 0.25) is 5.91 Å². The largest absolute Gasteiger partial charge is 0.381 e. The quantitative estimate of drug-likeness (QED) is 0.749. The number of hydrogen-bond donors (Lipinski definition) is 2. The Morgan fingerprint density at radius 2 is 1.95 bits per heavy atom. The Bertz CT molecular complexity index is 279. The third kappa shape index (κ3) is 3.86. The Morgan fingerprint density at radius 3 is 2.37 bits per heavy atom. The Labute approximate surface area is 121 Å². The molecule has 4 nitrogen and oxygen atoms in total. The molecule has 1 rings (SSSR count). The van der Waals surface area contributed by atoms with E-state index in [1.54, 1.807) is 0 Å². The highest BCUT2D eigenvalue weighted by atomic mass is 32.2. The number of hydrogen-bond acceptors (Lipinski definition) is 4. The van der Waals surface area contributed by atoms with Crippen molar-refractivity contribution >= 4 is 17.7 Å². The average Bonchev–Trinajstić information content (AvgIpc) is 2.48. The van der Waals surface area contributed by atoms with E-state index >= 15 is 0 Å². The fourth-order valence-corrected chi connectivity index (χ4v) is 3.37. The van der Waals surface area contributed by atoms with Gasteiger partial charge in [0, 0.05) is 31.1 Å². The Hall–Kier alpha value is -0.260. The van der Waals surface area contributed by atoms with Crippen molar-refractivity contribution in [2.24, 2.45) is 11.1 Å². The molecule has 0 atom stereocenters. The molecule has 1 aliphatic rings. The number of nitrogens with one attached hydrogen (secondary N) is 1. The molecule has 0 aromatic heterocycles. The normalized spacial score (nSPS) is 19.2. The highest BCUT2D eigenvalue weighted by molar-refractivity contribution is 8.00. The van der Waals surface area contributed by atoms with Gasteiger partial charge < -0.3 is 15.8 Å². The zero-order valence-corrected chi connectivity index (χ0v) is 13.3. The Balaban J connectivity index is 2.61. The van der Waals surface area contributed by atoms with Crippen molar-refractivity contribution < 1.29 is 9.53 Å². The molecular formula is C14H28N2O2S. The second kappa shape index (κ2) is 7.50. The first kappa shape index (κ1) is 16.8. The van der Waals surface area contributed by atoms with Crippen molar-refractivity contribution in [1.82, 2.24) is 5.32 Å². The lowest BCUT2D eigenvalue weighted by molar-refractivity contribution is -0.131. The molecule has 0 aromatic carbocycles. The molecule has 1 saturated heterocycles. The van der Waals surface area contributed by atoms with E-state index in [4.69, 9.17) is 10.5 Å². The summed E-state index contributed by atoms with van der Waals surface area (Å²) in [5, 5.41) is 3.14. The third-order valence-corrected chi connectivity index (χ3v) is 6.05. The zero-order valence-electron chi connectivity index (χ0n) is 12.5. The van der Waals surface area contributed by atoms with Gasteiger partial charge in [-0.1, -0.05) is 13.8 Å². The molecule has 5 heteroatoms. The van der Waals surface area contributed by atoms with Crippen LogP contribution < -0.4 is 11.1 Å². The van der Waals surface area contributed by atoms with Crippen LogP contribution in [0.1, 0.15) is 39.5 Å². The summed E-state index contributed by atoms with van der Waals surface area (Å²) in [6, 6.07) is 0. The van der Waals surface area contributed by atoms with Gasteiger partial charge in [0.05, 0.1) is 5.41 Å². The van der Waals surface area contributed by atoms with Crippen LogP contribution in [0.3, 0.4) is 0 Å². The fraction of sp³-hybridized carbons (Fsp3) is 0.929. The molecule has 0 unspecified atom stereocenters. The van der Waals surface area contributed by atoms with E-state index in [1.807, 2.05) is 25.6 Å². The topological polar surface area (TPSA) is 64.4 Å². The third-order valence-electron chi connectivity index (χ3n) is 4.63. The van der Waals surface area contributed by atoms with Crippen molar-refractivity contribution in [2.45, 2.75) is 44.3 Å². The van der Waals surface area contributed by atoms with Crippen LogP contribution in [-0.2, 0) is 9.53 Å². The van der Waals surface area contributed by atoms with Gasteiger partial charge in [-0.15, -0.1) is 0 Å². The first-order chi connectivity index (χ1) is 9.08. The van der Waals surface area contributed by atoms with Gasteiger partial charge in [-0.2, -0.15) is 11.8 Å². The minimum Gasteiger partial charge on any atom is -0.381 e. The van der Waals surface area contributed by atoms with Gasteiger partial charge in [0.1, 0.15) is 0 Å². The van der Waals surface area contributed by atoms with Gasteiger partial charge in [0.15, 0.2) is 0 Å². The fourth-order valence-electron chi connectivity index (χ4n) is 2.58. The number of ether oxygens (including phenoxy) is 1. The first-order valence-corrected chi connectivity index (χ1v) is 8.42. The monoisotopic (exact) mass is 288 g/mol. The molecular weight excluding hydrogens is 260 g/mol. The lowest BCUT2D eigenvalue weighted by Gasteiger charge is -2.37. The van der Waals surface area contributed by atoms with Crippen LogP contribution >= 0.6 is 11.8 Å². The summed E-state index contributed by atoms with van der Waals surface area (Å²) >= 11 is 1.84. The lowest BCUT2D eigenvalue weighted by Crippen LogP contribution is -2.50. The summed E-state index contributed by atoms with van der Waals surface area (Å²) in [5.41, 5.74) is 5.42. The molecule has 1 amide bonds. The molecule has 0 radical (unpaired) electrons. The molecule has 0 spiro atoms. The number of thioether (sulfide) groups is 1. The first-order valence-electron chi connectivity index (χ1n) is 7.19. The maximum absolute atomic E-state index is 12.4. The molecule has 19 heavy (non-hydrogen) atoms. The average molecular weight is 288 g/mol. The SMILES string of the molecule is CCC(CC)(CN)C(=O)NCC1(SC)CCOCC1. The summed E-state index contributed by atoms with van der Waals surface area (Å²) in [6.45, 7) is 6.80. The van der Waals surface area contributed by atoms with Crippen LogP contribution in [0.2, 0.25) is 0 Å². The maximum Gasteiger partial charge on any atom is 0.227 e. The predicted octanol–water partition coefficient (Wildman–Crippen LogP) is 1.78. The molecule has 112 valence electrons. The van der Waals surface area contributed by atoms with Crippen molar-refractivity contribution in [1.29, 1.82) is 0 Å². The van der Waals surface area contributed by atoms with Crippen molar-refractivity contribution in [3.63, 3.8) is 0 Å². The van der Waals surface area contributed by atoms with E-state index in [0.717, 1.165) is 45.4 Å². The Morgan fingerprint density at radius 1 is 1.37 bits per heavy atom. The van der Waals surface area contributed by atoms with E-state index in [9.17, 15) is 4.79 Å². The molecule has 1 heterocycles. The smallest absolute Gasteiger partial charge is 0.227 e. The molecule has 0 aliphatic carbocycles. The molecule has 1 fully saturated rings. The highest BCUT2D eigenvalue weighted by Crippen LogP contribution is 2.33. The standard InChI is InChI=1S/C14H28N2O2S/c1-4-13(5-2,10-15)12(17)16-11-14(19-3)6-8-18-9-7-14/h4-11,15H2,1-3H3,(H,16,17). The molecule has 0 saturated carbocycles. The summed E-state index contributed by atoms with van der Waals surface area (Å²) in [5.74, 6) is 0.111. The lowest BCUT2D eigenvalue weighted by atomic mass is 9.81. The molecule has 1 aliphatic heterocycles. The van der Waals surface area contributed by atoms with Crippen LogP contribution in [0, 0.1) is 5.41 Å². The van der Waals surface area contributed by atoms with Crippen LogP contribution in [0.15, 0.2) is 0 Å². The van der Waals surface area contributed by atoms with Gasteiger partial charge in [0.25, 0.3) is 0 Å². The number of nitrogens with two attached hydrogens (primary N) is 1. The zero-order chi connectivity index (χ0) is 14.4. The summed E-state index contributed by atoms with van der Waals surface area (Å²) in [6.07, 6.45) is 5.71. The van der Waals surface area contributed by atoms with Crippen LogP contribution in [0.5, 0.6) is 0 Å². The minimum absolute atomic E-state index is 0.111. The van der Waals surface area contributed by atoms with Crippen LogP contribution in [0.4, 0.5) is 0 Å². The van der Waals surface area contributed by atoms with E-state index in [2.05, 4.69) is 11.6 Å². The van der Waals surface area contributed by atoms with E-state index in [-0.39, 0.29) is 10.7 Å². The molecule has 0 aromatic rings. The predicted molar refractivity (Wildman–Crippen MR) is 81.4 cm³/mol. The van der Waals surface area contributed by atoms with E-state index < -0.39 is 5.41 Å². The second-order valence-electron chi connectivity index (χ2n) is 5.37. The summed E-state index contributed by atoms with van der Waals surface area (Å²) in [7, 11) is 0. The van der Waals surface area contributed by atoms with Crippen molar-refractivity contribution in [3.05, 3.63) is 0 Å². The van der Waals surface area contributed by atoms with Gasteiger partial charge >= 0.3 is 0 Å². The van der Waals surface area contributed by atoms with E-state index in [1.165, 1.54) is 0 Å². The van der Waals surface area contributed by atoms with Crippen molar-refractivity contribution in [3.8, 4) is 0 Å². The number of carbonyl (C=O) groups is 1. The summed E-state index contributed by atoms with van der Waals surface area (Å²) < 4.78 is 5.55. The molecule has 0 bridgehead atoms. The van der Waals surface area contributed by atoms with E-state index in [0.29, 0.717) is 6.54 Å². The maximum atomic E-state index is 12.4. The summed E-state index contributed by atoms with van der Waals surface area (Å²) in [4.78, 5) is 12.4.